The van der Waals surface area contributed by atoms with Crippen LogP contribution in [0, 0.1) is 6.92 Å². The van der Waals surface area contributed by atoms with Crippen molar-refractivity contribution in [2.24, 2.45) is 0 Å². The van der Waals surface area contributed by atoms with E-state index in [0.717, 1.165) is 5.75 Å². The zero-order valence-electron chi connectivity index (χ0n) is 12.1. The highest BCUT2D eigenvalue weighted by molar-refractivity contribution is 7.99. The molecule has 5 heteroatoms. The SMILES string of the molecule is COCC(CCO)NC(=O)CCSc1ccc(C)cc1. The number of hydrogen-bond donors (Lipinski definition) is 2. The average Bonchev–Trinajstić information content (AvgIpc) is 2.41. The van der Waals surface area contributed by atoms with Gasteiger partial charge in [0.15, 0.2) is 0 Å². The Morgan fingerprint density at radius 3 is 2.70 bits per heavy atom. The minimum Gasteiger partial charge on any atom is -0.396 e. The molecule has 1 aromatic rings. The molecule has 1 rings (SSSR count). The molecular weight excluding hydrogens is 274 g/mol. The lowest BCUT2D eigenvalue weighted by molar-refractivity contribution is -0.121. The fourth-order valence-electron chi connectivity index (χ4n) is 1.75. The maximum absolute atomic E-state index is 11.8. The molecule has 4 nitrogen and oxygen atoms in total. The first-order chi connectivity index (χ1) is 9.65. The van der Waals surface area contributed by atoms with Crippen LogP contribution in [0.3, 0.4) is 0 Å². The Balaban J connectivity index is 2.26. The molecule has 0 spiro atoms. The van der Waals surface area contributed by atoms with Crippen LogP contribution in [0.2, 0.25) is 0 Å². The summed E-state index contributed by atoms with van der Waals surface area (Å²) in [4.78, 5) is 13.0. The number of aliphatic hydroxyl groups excluding tert-OH is 1. The number of rotatable bonds is 9. The molecular formula is C15H23NO3S. The normalized spacial score (nSPS) is 12.2. The molecule has 20 heavy (non-hydrogen) atoms. The van der Waals surface area contributed by atoms with Crippen LogP contribution in [0.5, 0.6) is 0 Å². The number of thioether (sulfide) groups is 1. The van der Waals surface area contributed by atoms with Crippen molar-refractivity contribution in [3.63, 3.8) is 0 Å². The minimum absolute atomic E-state index is 0.000103. The van der Waals surface area contributed by atoms with Crippen molar-refractivity contribution in [2.75, 3.05) is 26.1 Å². The van der Waals surface area contributed by atoms with Crippen molar-refractivity contribution in [3.8, 4) is 0 Å². The van der Waals surface area contributed by atoms with Gasteiger partial charge in [0.1, 0.15) is 0 Å². The van der Waals surface area contributed by atoms with Gasteiger partial charge in [0.2, 0.25) is 5.91 Å². The van der Waals surface area contributed by atoms with Gasteiger partial charge in [-0.25, -0.2) is 0 Å². The van der Waals surface area contributed by atoms with Gasteiger partial charge in [0.25, 0.3) is 0 Å². The van der Waals surface area contributed by atoms with Gasteiger partial charge in [-0.2, -0.15) is 0 Å². The number of ether oxygens (including phenoxy) is 1. The molecule has 2 N–H and O–H groups in total. The van der Waals surface area contributed by atoms with Gasteiger partial charge in [0.05, 0.1) is 12.6 Å². The van der Waals surface area contributed by atoms with E-state index in [9.17, 15) is 4.79 Å². The summed E-state index contributed by atoms with van der Waals surface area (Å²) >= 11 is 1.67. The predicted octanol–water partition coefficient (Wildman–Crippen LogP) is 1.99. The Hall–Kier alpha value is -1.04. The quantitative estimate of drug-likeness (QED) is 0.684. The van der Waals surface area contributed by atoms with E-state index in [-0.39, 0.29) is 18.6 Å². The number of benzene rings is 1. The van der Waals surface area contributed by atoms with Gasteiger partial charge in [-0.3, -0.25) is 4.79 Å². The maximum Gasteiger partial charge on any atom is 0.221 e. The summed E-state index contributed by atoms with van der Waals surface area (Å²) in [6.45, 7) is 2.53. The summed E-state index contributed by atoms with van der Waals surface area (Å²) in [5, 5.41) is 11.8. The first kappa shape index (κ1) is 17.0. The summed E-state index contributed by atoms with van der Waals surface area (Å²) in [6, 6.07) is 8.16. The summed E-state index contributed by atoms with van der Waals surface area (Å²) in [6.07, 6.45) is 0.981. The molecule has 0 saturated heterocycles. The number of nitrogens with one attached hydrogen (secondary N) is 1. The Labute approximate surface area is 124 Å². The molecule has 0 fully saturated rings. The molecule has 0 bridgehead atoms. The summed E-state index contributed by atoms with van der Waals surface area (Å²) in [5.74, 6) is 0.744. The lowest BCUT2D eigenvalue weighted by atomic mass is 10.2. The first-order valence-corrected chi connectivity index (χ1v) is 7.73. The molecule has 112 valence electrons. The fourth-order valence-corrected chi connectivity index (χ4v) is 2.60. The van der Waals surface area contributed by atoms with E-state index in [1.807, 2.05) is 0 Å². The Morgan fingerprint density at radius 2 is 2.10 bits per heavy atom. The van der Waals surface area contributed by atoms with E-state index < -0.39 is 0 Å². The van der Waals surface area contributed by atoms with Gasteiger partial charge in [-0.15, -0.1) is 11.8 Å². The van der Waals surface area contributed by atoms with Gasteiger partial charge in [0, 0.05) is 30.8 Å². The Bertz CT molecular complexity index is 389. The van der Waals surface area contributed by atoms with E-state index in [2.05, 4.69) is 36.5 Å². The van der Waals surface area contributed by atoms with Crippen LogP contribution >= 0.6 is 11.8 Å². The van der Waals surface area contributed by atoms with Crippen LogP contribution in [0.25, 0.3) is 0 Å². The topological polar surface area (TPSA) is 58.6 Å². The van der Waals surface area contributed by atoms with Crippen molar-refractivity contribution in [2.45, 2.75) is 30.7 Å². The average molecular weight is 297 g/mol. The standard InChI is InChI=1S/C15H23NO3S/c1-12-3-5-14(6-4-12)20-10-8-15(18)16-13(7-9-17)11-19-2/h3-6,13,17H,7-11H2,1-2H3,(H,16,18). The van der Waals surface area contributed by atoms with Gasteiger partial charge in [-0.05, 0) is 25.5 Å². The third-order valence-corrected chi connectivity index (χ3v) is 3.84. The molecule has 1 amide bonds. The van der Waals surface area contributed by atoms with Gasteiger partial charge < -0.3 is 15.2 Å². The van der Waals surface area contributed by atoms with Crippen LogP contribution < -0.4 is 5.32 Å². The van der Waals surface area contributed by atoms with Crippen LogP contribution in [-0.2, 0) is 9.53 Å². The molecule has 1 aromatic carbocycles. The summed E-state index contributed by atoms with van der Waals surface area (Å²) in [5.41, 5.74) is 1.23. The van der Waals surface area contributed by atoms with Gasteiger partial charge in [-0.1, -0.05) is 17.7 Å². The molecule has 0 heterocycles. The lowest BCUT2D eigenvalue weighted by Crippen LogP contribution is -2.38. The molecule has 0 aromatic heterocycles. The lowest BCUT2D eigenvalue weighted by Gasteiger charge is -2.16. The summed E-state index contributed by atoms with van der Waals surface area (Å²) in [7, 11) is 1.59. The summed E-state index contributed by atoms with van der Waals surface area (Å²) < 4.78 is 5.01. The monoisotopic (exact) mass is 297 g/mol. The molecule has 0 aliphatic rings. The van der Waals surface area contributed by atoms with Crippen LogP contribution in [0.4, 0.5) is 0 Å². The van der Waals surface area contributed by atoms with Crippen LogP contribution in [0.15, 0.2) is 29.2 Å². The van der Waals surface area contributed by atoms with Crippen molar-refractivity contribution in [1.82, 2.24) is 5.32 Å². The number of hydrogen-bond acceptors (Lipinski definition) is 4. The highest BCUT2D eigenvalue weighted by atomic mass is 32.2. The van der Waals surface area contributed by atoms with Crippen molar-refractivity contribution < 1.29 is 14.6 Å². The number of carbonyl (C=O) groups is 1. The third-order valence-electron chi connectivity index (χ3n) is 2.83. The highest BCUT2D eigenvalue weighted by Crippen LogP contribution is 2.18. The number of aliphatic hydroxyl groups is 1. The molecule has 0 aliphatic carbocycles. The highest BCUT2D eigenvalue weighted by Gasteiger charge is 2.11. The van der Waals surface area contributed by atoms with E-state index in [1.165, 1.54) is 10.5 Å². The van der Waals surface area contributed by atoms with Crippen molar-refractivity contribution in [3.05, 3.63) is 29.8 Å². The van der Waals surface area contributed by atoms with E-state index in [4.69, 9.17) is 9.84 Å². The fraction of sp³-hybridized carbons (Fsp3) is 0.533. The first-order valence-electron chi connectivity index (χ1n) is 6.74. The molecule has 1 unspecified atom stereocenters. The largest absolute Gasteiger partial charge is 0.396 e. The maximum atomic E-state index is 11.8. The smallest absolute Gasteiger partial charge is 0.221 e. The number of aryl methyl sites for hydroxylation is 1. The third kappa shape index (κ3) is 6.93. The number of methoxy groups -OCH3 is 1. The zero-order valence-corrected chi connectivity index (χ0v) is 12.9. The van der Waals surface area contributed by atoms with E-state index >= 15 is 0 Å². The van der Waals surface area contributed by atoms with E-state index in [1.54, 1.807) is 18.9 Å². The number of amides is 1. The Morgan fingerprint density at radius 1 is 1.40 bits per heavy atom. The van der Waals surface area contributed by atoms with Crippen LogP contribution in [-0.4, -0.2) is 43.1 Å². The molecule has 0 aliphatic heterocycles. The Kier molecular flexibility index (Phi) is 8.34. The molecule has 1 atom stereocenters. The second kappa shape index (κ2) is 9.80. The van der Waals surface area contributed by atoms with Crippen molar-refractivity contribution >= 4 is 17.7 Å². The molecule has 0 saturated carbocycles. The minimum atomic E-state index is -0.109. The molecule has 0 radical (unpaired) electrons. The van der Waals surface area contributed by atoms with E-state index in [0.29, 0.717) is 19.4 Å². The second-order valence-electron chi connectivity index (χ2n) is 4.64. The van der Waals surface area contributed by atoms with Crippen molar-refractivity contribution in [1.29, 1.82) is 0 Å². The van der Waals surface area contributed by atoms with Crippen LogP contribution in [0.1, 0.15) is 18.4 Å². The van der Waals surface area contributed by atoms with Gasteiger partial charge >= 0.3 is 0 Å². The second-order valence-corrected chi connectivity index (χ2v) is 5.81. The number of carbonyl (C=O) groups excluding carboxylic acids is 1. The predicted molar refractivity (Wildman–Crippen MR) is 82.0 cm³/mol. The zero-order chi connectivity index (χ0) is 14.8.